The number of fused-ring (bicyclic) bond motifs is 4. The minimum atomic E-state index is -0.836. The van der Waals surface area contributed by atoms with Crippen molar-refractivity contribution in [2.24, 2.45) is 5.41 Å². The fraction of sp³-hybridized carbons (Fsp3) is 0.488. The first-order valence-corrected chi connectivity index (χ1v) is 20.2. The number of alkyl halides is 1. The van der Waals surface area contributed by atoms with Crippen LogP contribution in [0.3, 0.4) is 0 Å². The Labute approximate surface area is 354 Å². The first-order chi connectivity index (χ1) is 28.7. The van der Waals surface area contributed by atoms with E-state index in [9.17, 15) is 24.3 Å². The van der Waals surface area contributed by atoms with Gasteiger partial charge in [0, 0.05) is 68.2 Å². The van der Waals surface area contributed by atoms with Crippen LogP contribution in [-0.4, -0.2) is 114 Å². The topological polar surface area (TPSA) is 196 Å². The van der Waals surface area contributed by atoms with Gasteiger partial charge in [-0.05, 0) is 41.3 Å². The van der Waals surface area contributed by atoms with Crippen LogP contribution in [0.4, 0.5) is 10.5 Å². The molecule has 0 saturated heterocycles. The molecule has 2 heterocycles. The lowest BCUT2D eigenvalue weighted by Crippen LogP contribution is -2.36. The van der Waals surface area contributed by atoms with Crippen molar-refractivity contribution < 1.29 is 57.4 Å². The summed E-state index contributed by atoms with van der Waals surface area (Å²) in [7, 11) is 5.95. The molecule has 3 aromatic carbocycles. The van der Waals surface area contributed by atoms with Gasteiger partial charge in [0.2, 0.25) is 11.7 Å². The first-order valence-electron chi connectivity index (χ1n) is 19.7. The summed E-state index contributed by atoms with van der Waals surface area (Å²) in [6.45, 7) is 6.21. The maximum absolute atomic E-state index is 14.2. The lowest BCUT2D eigenvalue weighted by Gasteiger charge is -2.27. The quantitative estimate of drug-likeness (QED) is 0.0349. The molecule has 0 radical (unpaired) electrons. The highest BCUT2D eigenvalue weighted by Crippen LogP contribution is 2.47. The Morgan fingerprint density at radius 2 is 1.65 bits per heavy atom. The van der Waals surface area contributed by atoms with Crippen molar-refractivity contribution in [2.45, 2.75) is 64.8 Å². The van der Waals surface area contributed by atoms with Crippen LogP contribution in [0.1, 0.15) is 68.4 Å². The number of aromatic amines is 1. The minimum Gasteiger partial charge on any atom is -0.493 e. The Morgan fingerprint density at radius 3 is 2.30 bits per heavy atom. The molecule has 16 nitrogen and oxygen atoms in total. The Kier molecular flexibility index (Phi) is 15.9. The van der Waals surface area contributed by atoms with Crippen LogP contribution in [0.25, 0.3) is 21.7 Å². The highest BCUT2D eigenvalue weighted by molar-refractivity contribution is 6.19. The summed E-state index contributed by atoms with van der Waals surface area (Å²) in [5.74, 6) is 0.364. The van der Waals surface area contributed by atoms with Crippen LogP contribution in [-0.2, 0) is 23.8 Å². The fourth-order valence-corrected chi connectivity index (χ4v) is 7.51. The number of anilines is 1. The summed E-state index contributed by atoms with van der Waals surface area (Å²) < 4.78 is 38.7. The number of hydrogen-bond acceptors (Lipinski definition) is 12. The van der Waals surface area contributed by atoms with Gasteiger partial charge in [-0.15, -0.1) is 11.6 Å². The number of rotatable bonds is 20. The molecule has 4 aromatic rings. The van der Waals surface area contributed by atoms with Gasteiger partial charge in [0.05, 0.1) is 45.2 Å². The van der Waals surface area contributed by atoms with Crippen molar-refractivity contribution in [3.8, 4) is 23.0 Å². The van der Waals surface area contributed by atoms with Gasteiger partial charge >= 0.3 is 12.1 Å². The maximum Gasteiger partial charge on any atom is 0.412 e. The molecule has 60 heavy (non-hydrogen) atoms. The molecular formula is C43H55ClN4O12. The summed E-state index contributed by atoms with van der Waals surface area (Å²) in [5, 5.41) is 17.1. The van der Waals surface area contributed by atoms with Crippen LogP contribution < -0.4 is 34.5 Å². The number of ether oxygens (including phenoxy) is 7. The molecule has 326 valence electrons. The van der Waals surface area contributed by atoms with E-state index in [1.807, 2.05) is 45.0 Å². The van der Waals surface area contributed by atoms with E-state index in [0.717, 1.165) is 10.9 Å². The third kappa shape index (κ3) is 11.1. The van der Waals surface area contributed by atoms with Crippen molar-refractivity contribution in [3.63, 3.8) is 0 Å². The molecule has 3 amide bonds. The summed E-state index contributed by atoms with van der Waals surface area (Å²) >= 11 is 6.49. The number of methoxy groups -OCH3 is 4. The highest BCUT2D eigenvalue weighted by atomic mass is 35.5. The number of aliphatic hydroxyl groups excluding tert-OH is 1. The van der Waals surface area contributed by atoms with Crippen molar-refractivity contribution in [1.29, 1.82) is 0 Å². The number of halogens is 1. The maximum atomic E-state index is 14.2. The normalized spacial score (nSPS) is 14.7. The third-order valence-corrected chi connectivity index (χ3v) is 10.3. The summed E-state index contributed by atoms with van der Waals surface area (Å²) in [4.78, 5) is 56.9. The number of hydrogen-bond donors (Lipinski definition) is 4. The fourth-order valence-electron chi connectivity index (χ4n) is 7.25. The minimum absolute atomic E-state index is 0.00418. The number of carbonyl (C=O) groups excluding carboxylic acids is 4. The van der Waals surface area contributed by atoms with E-state index in [1.165, 1.54) is 28.4 Å². The lowest BCUT2D eigenvalue weighted by molar-refractivity contribution is -0.198. The largest absolute Gasteiger partial charge is 0.493 e. The average molecular weight is 855 g/mol. The Bertz CT molecular complexity index is 2150. The van der Waals surface area contributed by atoms with Crippen LogP contribution in [0.2, 0.25) is 0 Å². The average Bonchev–Trinajstić information content (AvgIpc) is 3.83. The van der Waals surface area contributed by atoms with E-state index in [1.54, 1.807) is 23.1 Å². The van der Waals surface area contributed by atoms with E-state index in [4.69, 9.17) is 44.8 Å². The number of H-pyrrole nitrogens is 1. The molecule has 1 aromatic heterocycles. The molecule has 0 fully saturated rings. The monoisotopic (exact) mass is 854 g/mol. The van der Waals surface area contributed by atoms with Gasteiger partial charge in [-0.3, -0.25) is 14.4 Å². The molecule has 0 spiro atoms. The Balaban J connectivity index is 1.16. The number of aromatic nitrogens is 1. The molecule has 0 saturated carbocycles. The zero-order valence-corrected chi connectivity index (χ0v) is 35.9. The second-order valence-corrected chi connectivity index (χ2v) is 15.8. The molecule has 1 aliphatic rings. The smallest absolute Gasteiger partial charge is 0.412 e. The number of benzene rings is 3. The molecule has 0 aliphatic carbocycles. The second-order valence-electron chi connectivity index (χ2n) is 15.5. The summed E-state index contributed by atoms with van der Waals surface area (Å²) in [6, 6.07) is 12.6. The molecule has 3 atom stereocenters. The van der Waals surface area contributed by atoms with Crippen molar-refractivity contribution in [1.82, 2.24) is 15.6 Å². The van der Waals surface area contributed by atoms with Gasteiger partial charge in [-0.1, -0.05) is 45.0 Å². The number of nitrogens with zero attached hydrogens (tertiary/aromatic N) is 1. The Hall–Kier alpha value is -5.29. The summed E-state index contributed by atoms with van der Waals surface area (Å²) in [5.41, 5.74) is 2.20. The molecule has 4 N–H and O–H groups in total. The number of amides is 3. The van der Waals surface area contributed by atoms with E-state index >= 15 is 0 Å². The molecular weight excluding hydrogens is 800 g/mol. The number of carbonyl (C=O) groups is 4. The lowest BCUT2D eigenvalue weighted by atomic mass is 9.89. The van der Waals surface area contributed by atoms with Crippen LogP contribution in [0, 0.1) is 5.41 Å². The molecule has 17 heteroatoms. The number of nitrogens with one attached hydrogen (secondary N) is 3. The van der Waals surface area contributed by atoms with Crippen molar-refractivity contribution >= 4 is 62.8 Å². The van der Waals surface area contributed by atoms with Crippen LogP contribution >= 0.6 is 11.6 Å². The molecule has 5 rings (SSSR count). The van der Waals surface area contributed by atoms with Gasteiger partial charge < -0.3 is 58.8 Å². The first kappa shape index (κ1) is 45.8. The van der Waals surface area contributed by atoms with Gasteiger partial charge in [-0.2, -0.15) is 0 Å². The van der Waals surface area contributed by atoms with E-state index in [-0.39, 0.29) is 80.3 Å². The predicted octanol–water partition coefficient (Wildman–Crippen LogP) is 6.03. The number of aliphatic hydroxyl groups is 1. The van der Waals surface area contributed by atoms with Gasteiger partial charge in [0.15, 0.2) is 17.8 Å². The predicted molar refractivity (Wildman–Crippen MR) is 226 cm³/mol. The molecule has 0 bridgehead atoms. The van der Waals surface area contributed by atoms with Crippen molar-refractivity contribution in [3.05, 3.63) is 53.7 Å². The van der Waals surface area contributed by atoms with E-state index in [0.29, 0.717) is 57.9 Å². The zero-order valence-electron chi connectivity index (χ0n) is 35.1. The zero-order chi connectivity index (χ0) is 43.6. The van der Waals surface area contributed by atoms with Gasteiger partial charge in [0.1, 0.15) is 18.1 Å². The second kappa shape index (κ2) is 20.8. The van der Waals surface area contributed by atoms with Crippen LogP contribution in [0.5, 0.6) is 23.0 Å². The van der Waals surface area contributed by atoms with Crippen molar-refractivity contribution in [2.75, 3.05) is 72.1 Å². The van der Waals surface area contributed by atoms with Gasteiger partial charge in [0.25, 0.3) is 5.91 Å². The molecule has 2 unspecified atom stereocenters. The standard InChI is InChI=1S/C43H55ClN4O12/c1-43(2,3)20-27(23-49)59-36(55-5)24-58-35(51)14-10-13-34(50)45-15-16-46-42(53)60-32-19-31-37(29-12-9-8-11-28(29)32)26(21-44)22-48(31)41(52)30-17-25-18-33(54-4)39(56-6)40(57-7)38(25)47-30/h8-9,11-12,17-19,26-27,36,47,49H,10,13-16,20-24H2,1-7H3,(H,45,50)(H,46,53)/t26-,27?,36?/m1/s1. The van der Waals surface area contributed by atoms with Gasteiger partial charge in [-0.25, -0.2) is 4.79 Å². The van der Waals surface area contributed by atoms with E-state index < -0.39 is 24.5 Å². The van der Waals surface area contributed by atoms with Crippen LogP contribution in [0.15, 0.2) is 42.5 Å². The Morgan fingerprint density at radius 1 is 0.933 bits per heavy atom. The SMILES string of the molecule is COc1cc2cc(C(=O)N3C[C@@H](CCl)c4c3cc(OC(=O)NCCNC(=O)CCCC(=O)OCC(OC)OC(CO)CC(C)(C)C)c3ccccc43)[nH]c2c(OC)c1OC. The summed E-state index contributed by atoms with van der Waals surface area (Å²) in [6.07, 6.45) is -1.16. The number of esters is 1. The molecule has 1 aliphatic heterocycles. The van der Waals surface area contributed by atoms with E-state index in [2.05, 4.69) is 15.6 Å². The highest BCUT2D eigenvalue weighted by Gasteiger charge is 2.36. The third-order valence-electron chi connectivity index (χ3n) is 9.95.